The monoisotopic (exact) mass is 245 g/mol. The minimum Gasteiger partial charge on any atom is -0.201 e. The number of rotatable bonds is 0. The molecule has 1 nitrogen and oxygen atoms in total. The lowest BCUT2D eigenvalue weighted by Crippen LogP contribution is -1.96. The highest BCUT2D eigenvalue weighted by Gasteiger charge is 2.16. The lowest BCUT2D eigenvalue weighted by Gasteiger charge is -1.98. The molecule has 0 aliphatic carbocycles. The van der Waals surface area contributed by atoms with Crippen molar-refractivity contribution in [2.24, 2.45) is 0 Å². The first-order valence-corrected chi connectivity index (χ1v) is 3.56. The maximum atomic E-state index is 12.4. The molecular formula is C5BrClF3N. The zero-order valence-corrected chi connectivity index (χ0v) is 7.18. The van der Waals surface area contributed by atoms with Crippen LogP contribution in [0.4, 0.5) is 13.2 Å². The molecule has 0 aliphatic heterocycles. The fourth-order valence-electron chi connectivity index (χ4n) is 0.462. The van der Waals surface area contributed by atoms with E-state index in [2.05, 4.69) is 20.9 Å². The highest BCUT2D eigenvalue weighted by atomic mass is 79.9. The molecule has 1 aromatic heterocycles. The Bertz CT molecular complexity index is 278. The summed E-state index contributed by atoms with van der Waals surface area (Å²) in [6.07, 6.45) is 0. The van der Waals surface area contributed by atoms with Crippen molar-refractivity contribution in [3.8, 4) is 0 Å². The van der Waals surface area contributed by atoms with Gasteiger partial charge in [0.2, 0.25) is 5.95 Å². The van der Waals surface area contributed by atoms with Gasteiger partial charge in [-0.25, -0.2) is 4.39 Å². The van der Waals surface area contributed by atoms with Gasteiger partial charge in [0.05, 0.1) is 4.47 Å². The van der Waals surface area contributed by atoms with Crippen LogP contribution in [0.2, 0.25) is 5.02 Å². The molecular weight excluding hydrogens is 246 g/mol. The van der Waals surface area contributed by atoms with Gasteiger partial charge < -0.3 is 0 Å². The molecule has 11 heavy (non-hydrogen) atoms. The van der Waals surface area contributed by atoms with Crippen LogP contribution in [0.5, 0.6) is 0 Å². The van der Waals surface area contributed by atoms with Crippen LogP contribution in [0, 0.1) is 17.7 Å². The maximum Gasteiger partial charge on any atom is 0.252 e. The van der Waals surface area contributed by atoms with Crippen molar-refractivity contribution in [3.63, 3.8) is 0 Å². The van der Waals surface area contributed by atoms with Crippen molar-refractivity contribution in [2.75, 3.05) is 0 Å². The van der Waals surface area contributed by atoms with Crippen LogP contribution in [0.1, 0.15) is 0 Å². The highest BCUT2D eigenvalue weighted by Crippen LogP contribution is 2.27. The third-order valence-corrected chi connectivity index (χ3v) is 2.26. The Labute approximate surface area is 73.3 Å². The Balaban J connectivity index is 3.46. The van der Waals surface area contributed by atoms with Crippen LogP contribution in [-0.2, 0) is 0 Å². The van der Waals surface area contributed by atoms with Gasteiger partial charge >= 0.3 is 0 Å². The van der Waals surface area contributed by atoms with Crippen LogP contribution < -0.4 is 0 Å². The summed E-state index contributed by atoms with van der Waals surface area (Å²) in [6, 6.07) is 0. The molecule has 0 fully saturated rings. The average Bonchev–Trinajstić information content (AvgIpc) is 1.97. The Morgan fingerprint density at radius 1 is 1.18 bits per heavy atom. The number of nitrogens with zero attached hydrogens (tertiary/aromatic N) is 1. The number of halogens is 5. The lowest BCUT2D eigenvalue weighted by atomic mass is 10.4. The van der Waals surface area contributed by atoms with Gasteiger partial charge in [0.25, 0.3) is 5.95 Å². The van der Waals surface area contributed by atoms with Crippen molar-refractivity contribution in [1.82, 2.24) is 4.98 Å². The largest absolute Gasteiger partial charge is 0.252 e. The Hall–Kier alpha value is -0.290. The van der Waals surface area contributed by atoms with Gasteiger partial charge in [-0.3, -0.25) is 0 Å². The van der Waals surface area contributed by atoms with Crippen LogP contribution in [0.25, 0.3) is 0 Å². The van der Waals surface area contributed by atoms with Crippen molar-refractivity contribution >= 4 is 27.5 Å². The maximum absolute atomic E-state index is 12.4. The number of hydrogen-bond donors (Lipinski definition) is 0. The van der Waals surface area contributed by atoms with Gasteiger partial charge in [0.1, 0.15) is 5.02 Å². The van der Waals surface area contributed by atoms with Gasteiger partial charge in [-0.2, -0.15) is 13.8 Å². The number of hydrogen-bond acceptors (Lipinski definition) is 1. The molecule has 0 amide bonds. The standard InChI is InChI=1S/C5BrClF3N/c6-1-2(7)4(9)11-5(10)3(1)8. The Morgan fingerprint density at radius 3 is 2.27 bits per heavy atom. The SMILES string of the molecule is Fc1nc(F)c(Cl)c(Br)c1F. The van der Waals surface area contributed by atoms with Crippen molar-refractivity contribution < 1.29 is 13.2 Å². The van der Waals surface area contributed by atoms with E-state index in [0.29, 0.717) is 0 Å². The third-order valence-electron chi connectivity index (χ3n) is 0.944. The van der Waals surface area contributed by atoms with Crippen molar-refractivity contribution in [2.45, 2.75) is 0 Å². The molecule has 6 heteroatoms. The predicted molar refractivity (Wildman–Crippen MR) is 36.8 cm³/mol. The van der Waals surface area contributed by atoms with Gasteiger partial charge in [0.15, 0.2) is 5.82 Å². The quantitative estimate of drug-likeness (QED) is 0.641. The van der Waals surface area contributed by atoms with Crippen LogP contribution >= 0.6 is 27.5 Å². The third kappa shape index (κ3) is 1.49. The molecule has 0 saturated carbocycles. The number of aromatic nitrogens is 1. The molecule has 1 heterocycles. The molecule has 0 bridgehead atoms. The van der Waals surface area contributed by atoms with Crippen molar-refractivity contribution in [1.29, 1.82) is 0 Å². The molecule has 0 radical (unpaired) electrons. The zero-order chi connectivity index (χ0) is 8.59. The van der Waals surface area contributed by atoms with Gasteiger partial charge in [-0.1, -0.05) is 11.6 Å². The van der Waals surface area contributed by atoms with Gasteiger partial charge in [0, 0.05) is 0 Å². The smallest absolute Gasteiger partial charge is 0.201 e. The second-order valence-corrected chi connectivity index (χ2v) is 2.81. The van der Waals surface area contributed by atoms with E-state index in [-0.39, 0.29) is 0 Å². The summed E-state index contributed by atoms with van der Waals surface area (Å²) in [5, 5.41) is -0.566. The Morgan fingerprint density at radius 2 is 1.73 bits per heavy atom. The van der Waals surface area contributed by atoms with E-state index >= 15 is 0 Å². The van der Waals surface area contributed by atoms with Crippen LogP contribution in [0.3, 0.4) is 0 Å². The van der Waals surface area contributed by atoms with E-state index < -0.39 is 27.2 Å². The fourth-order valence-corrected chi connectivity index (χ4v) is 0.914. The molecule has 0 spiro atoms. The van der Waals surface area contributed by atoms with E-state index in [1.807, 2.05) is 0 Å². The molecule has 1 aromatic rings. The highest BCUT2D eigenvalue weighted by molar-refractivity contribution is 9.10. The second kappa shape index (κ2) is 2.98. The minimum atomic E-state index is -1.52. The second-order valence-electron chi connectivity index (χ2n) is 1.64. The summed E-state index contributed by atoms with van der Waals surface area (Å²) in [4.78, 5) is 2.56. The number of pyridine rings is 1. The summed E-state index contributed by atoms with van der Waals surface area (Å²) in [6.45, 7) is 0. The van der Waals surface area contributed by atoms with E-state index in [1.54, 1.807) is 0 Å². The zero-order valence-electron chi connectivity index (χ0n) is 4.84. The molecule has 0 aromatic carbocycles. The minimum absolute atomic E-state index is 0.454. The van der Waals surface area contributed by atoms with Crippen LogP contribution in [0.15, 0.2) is 4.47 Å². The summed E-state index contributed by atoms with van der Waals surface area (Å²) >= 11 is 7.72. The first-order chi connectivity index (χ1) is 5.04. The molecule has 60 valence electrons. The summed E-state index contributed by atoms with van der Waals surface area (Å²) < 4.78 is 36.5. The average molecular weight is 246 g/mol. The topological polar surface area (TPSA) is 12.9 Å². The molecule has 0 N–H and O–H groups in total. The first kappa shape index (κ1) is 8.80. The first-order valence-electron chi connectivity index (χ1n) is 2.39. The Kier molecular flexibility index (Phi) is 2.39. The molecule has 0 unspecified atom stereocenters. The predicted octanol–water partition coefficient (Wildman–Crippen LogP) is 2.91. The van der Waals surface area contributed by atoms with Gasteiger partial charge in [-0.15, -0.1) is 0 Å². The van der Waals surface area contributed by atoms with E-state index in [9.17, 15) is 13.2 Å². The summed E-state index contributed by atoms with van der Waals surface area (Å²) in [5.41, 5.74) is 0. The lowest BCUT2D eigenvalue weighted by molar-refractivity contribution is 0.443. The molecule has 0 atom stereocenters. The molecule has 0 aliphatic rings. The summed E-state index contributed by atoms with van der Waals surface area (Å²) in [5.74, 6) is -4.05. The van der Waals surface area contributed by atoms with Crippen LogP contribution in [-0.4, -0.2) is 4.98 Å². The van der Waals surface area contributed by atoms with Gasteiger partial charge in [-0.05, 0) is 15.9 Å². The fraction of sp³-hybridized carbons (Fsp3) is 0. The summed E-state index contributed by atoms with van der Waals surface area (Å²) in [7, 11) is 0. The molecule has 0 saturated heterocycles. The normalized spacial score (nSPS) is 10.3. The van der Waals surface area contributed by atoms with E-state index in [0.717, 1.165) is 0 Å². The molecule has 1 rings (SSSR count). The van der Waals surface area contributed by atoms with E-state index in [1.165, 1.54) is 0 Å². The van der Waals surface area contributed by atoms with E-state index in [4.69, 9.17) is 11.6 Å². The van der Waals surface area contributed by atoms with Crippen molar-refractivity contribution in [3.05, 3.63) is 27.2 Å².